The first-order valence-corrected chi connectivity index (χ1v) is 10.0. The molecule has 6 heteroatoms. The second-order valence-corrected chi connectivity index (χ2v) is 8.14. The standard InChI is InChI=1S/C22H27N3O3/c1-13-7-8-16(12-18(13)24-22(27)19-6-3-9-28-19)21(26)25-20-14-4-2-5-15(20)11-17(23)10-14/h3,6-9,12,14-15,17,20H,2,4-5,10-11,23H2,1H3,(H,24,27)(H,25,26). The molecule has 4 N–H and O–H groups in total. The third kappa shape index (κ3) is 3.83. The number of hydrogen-bond donors (Lipinski definition) is 3. The molecule has 0 spiro atoms. The van der Waals surface area contributed by atoms with Crippen molar-refractivity contribution in [2.45, 2.75) is 51.1 Å². The average molecular weight is 381 g/mol. The molecule has 2 aliphatic carbocycles. The number of aryl methyl sites for hydroxylation is 1. The number of benzene rings is 1. The Labute approximate surface area is 164 Å². The zero-order valence-corrected chi connectivity index (χ0v) is 16.1. The molecule has 2 fully saturated rings. The lowest BCUT2D eigenvalue weighted by Gasteiger charge is -2.45. The molecule has 0 aliphatic heterocycles. The van der Waals surface area contributed by atoms with E-state index in [1.54, 1.807) is 24.3 Å². The van der Waals surface area contributed by atoms with Crippen LogP contribution in [-0.2, 0) is 0 Å². The summed E-state index contributed by atoms with van der Waals surface area (Å²) in [5, 5.41) is 6.09. The molecule has 2 amide bonds. The lowest BCUT2D eigenvalue weighted by molar-refractivity contribution is 0.0756. The van der Waals surface area contributed by atoms with Gasteiger partial charge in [0.15, 0.2) is 5.76 Å². The number of fused-ring (bicyclic) bond motifs is 2. The molecule has 2 bridgehead atoms. The Hall–Kier alpha value is -2.60. The van der Waals surface area contributed by atoms with Gasteiger partial charge >= 0.3 is 0 Å². The number of carbonyl (C=O) groups is 2. The maximum atomic E-state index is 12.9. The number of rotatable bonds is 4. The molecule has 6 nitrogen and oxygen atoms in total. The molecule has 2 atom stereocenters. The molecule has 2 aliphatic rings. The highest BCUT2D eigenvalue weighted by Crippen LogP contribution is 2.39. The van der Waals surface area contributed by atoms with Gasteiger partial charge in [-0.3, -0.25) is 9.59 Å². The first kappa shape index (κ1) is 18.7. The van der Waals surface area contributed by atoms with Crippen molar-refractivity contribution in [2.75, 3.05) is 5.32 Å². The van der Waals surface area contributed by atoms with Crippen LogP contribution in [0.4, 0.5) is 5.69 Å². The Morgan fingerprint density at radius 2 is 1.86 bits per heavy atom. The van der Waals surface area contributed by atoms with Crippen LogP contribution in [0.3, 0.4) is 0 Å². The van der Waals surface area contributed by atoms with Crippen molar-refractivity contribution in [2.24, 2.45) is 17.6 Å². The van der Waals surface area contributed by atoms with Gasteiger partial charge in [0.25, 0.3) is 11.8 Å². The van der Waals surface area contributed by atoms with Gasteiger partial charge in [0.05, 0.1) is 6.26 Å². The highest BCUT2D eigenvalue weighted by molar-refractivity contribution is 6.04. The Morgan fingerprint density at radius 1 is 1.11 bits per heavy atom. The molecule has 148 valence electrons. The number of nitrogens with one attached hydrogen (secondary N) is 2. The summed E-state index contributed by atoms with van der Waals surface area (Å²) in [6, 6.07) is 9.11. The van der Waals surface area contributed by atoms with Crippen molar-refractivity contribution in [1.82, 2.24) is 5.32 Å². The van der Waals surface area contributed by atoms with Crippen LogP contribution < -0.4 is 16.4 Å². The van der Waals surface area contributed by atoms with Crippen molar-refractivity contribution >= 4 is 17.5 Å². The molecule has 4 rings (SSSR count). The zero-order valence-electron chi connectivity index (χ0n) is 16.1. The van der Waals surface area contributed by atoms with E-state index >= 15 is 0 Å². The van der Waals surface area contributed by atoms with E-state index < -0.39 is 0 Å². The van der Waals surface area contributed by atoms with Crippen LogP contribution in [0.15, 0.2) is 41.0 Å². The van der Waals surface area contributed by atoms with Gasteiger partial charge in [-0.15, -0.1) is 0 Å². The third-order valence-corrected chi connectivity index (χ3v) is 6.17. The minimum absolute atomic E-state index is 0.0918. The fourth-order valence-corrected chi connectivity index (χ4v) is 4.75. The molecule has 2 aromatic rings. The number of anilines is 1. The van der Waals surface area contributed by atoms with Crippen molar-refractivity contribution in [3.05, 3.63) is 53.5 Å². The van der Waals surface area contributed by atoms with Crippen LogP contribution in [0.2, 0.25) is 0 Å². The second kappa shape index (κ2) is 7.80. The number of carbonyl (C=O) groups excluding carboxylic acids is 2. The maximum absolute atomic E-state index is 12.9. The van der Waals surface area contributed by atoms with Crippen molar-refractivity contribution in [1.29, 1.82) is 0 Å². The molecule has 0 radical (unpaired) electrons. The minimum atomic E-state index is -0.332. The summed E-state index contributed by atoms with van der Waals surface area (Å²) in [5.41, 5.74) is 8.24. The van der Waals surface area contributed by atoms with E-state index in [-0.39, 0.29) is 29.7 Å². The Bertz CT molecular complexity index is 848. The van der Waals surface area contributed by atoms with Crippen molar-refractivity contribution in [3.63, 3.8) is 0 Å². The summed E-state index contributed by atoms with van der Waals surface area (Å²) in [7, 11) is 0. The predicted octanol–water partition coefficient (Wildman–Crippen LogP) is 3.48. The third-order valence-electron chi connectivity index (χ3n) is 6.17. The number of furan rings is 1. The van der Waals surface area contributed by atoms with Crippen LogP contribution in [0.1, 0.15) is 58.6 Å². The molecule has 2 unspecified atom stereocenters. The largest absolute Gasteiger partial charge is 0.459 e. The van der Waals surface area contributed by atoms with Gasteiger partial charge in [0.2, 0.25) is 0 Å². The van der Waals surface area contributed by atoms with Crippen LogP contribution in [0.25, 0.3) is 0 Å². The fourth-order valence-electron chi connectivity index (χ4n) is 4.75. The zero-order chi connectivity index (χ0) is 19.7. The van der Waals surface area contributed by atoms with Crippen LogP contribution in [-0.4, -0.2) is 23.9 Å². The highest BCUT2D eigenvalue weighted by atomic mass is 16.3. The van der Waals surface area contributed by atoms with E-state index in [2.05, 4.69) is 10.6 Å². The van der Waals surface area contributed by atoms with Gasteiger partial charge in [-0.05, 0) is 74.3 Å². The quantitative estimate of drug-likeness (QED) is 0.755. The van der Waals surface area contributed by atoms with Gasteiger partial charge in [-0.2, -0.15) is 0 Å². The SMILES string of the molecule is Cc1ccc(C(=O)NC2C3CCCC2CC(N)C3)cc1NC(=O)c1ccco1. The maximum Gasteiger partial charge on any atom is 0.291 e. The molecule has 1 heterocycles. The Balaban J connectivity index is 1.48. The first-order valence-electron chi connectivity index (χ1n) is 10.0. The van der Waals surface area contributed by atoms with Gasteiger partial charge in [-0.25, -0.2) is 0 Å². The minimum Gasteiger partial charge on any atom is -0.459 e. The topological polar surface area (TPSA) is 97.4 Å². The fraction of sp³-hybridized carbons (Fsp3) is 0.455. The van der Waals surface area contributed by atoms with Gasteiger partial charge in [0.1, 0.15) is 0 Å². The lowest BCUT2D eigenvalue weighted by atomic mass is 9.67. The normalized spacial score (nSPS) is 26.5. The number of hydrogen-bond acceptors (Lipinski definition) is 4. The molecule has 28 heavy (non-hydrogen) atoms. The summed E-state index contributed by atoms with van der Waals surface area (Å²) in [6.07, 6.45) is 6.92. The molecular formula is C22H27N3O3. The molecule has 0 saturated heterocycles. The smallest absolute Gasteiger partial charge is 0.291 e. The summed E-state index contributed by atoms with van der Waals surface area (Å²) in [4.78, 5) is 25.2. The van der Waals surface area contributed by atoms with Gasteiger partial charge in [0, 0.05) is 23.3 Å². The van der Waals surface area contributed by atoms with Crippen molar-refractivity contribution < 1.29 is 14.0 Å². The summed E-state index contributed by atoms with van der Waals surface area (Å²) >= 11 is 0. The second-order valence-electron chi connectivity index (χ2n) is 8.14. The number of amides is 2. The van der Waals surface area contributed by atoms with Crippen LogP contribution in [0, 0.1) is 18.8 Å². The average Bonchev–Trinajstić information content (AvgIpc) is 3.19. The predicted molar refractivity (Wildman–Crippen MR) is 107 cm³/mol. The van der Waals surface area contributed by atoms with Crippen molar-refractivity contribution in [3.8, 4) is 0 Å². The first-order chi connectivity index (χ1) is 13.5. The molecule has 2 saturated carbocycles. The van der Waals surface area contributed by atoms with E-state index in [0.717, 1.165) is 31.2 Å². The lowest BCUT2D eigenvalue weighted by Crippen LogP contribution is -2.53. The van der Waals surface area contributed by atoms with E-state index in [4.69, 9.17) is 10.2 Å². The summed E-state index contributed by atoms with van der Waals surface area (Å²) in [5.74, 6) is 0.748. The van der Waals surface area contributed by atoms with Crippen LogP contribution in [0.5, 0.6) is 0 Å². The summed E-state index contributed by atoms with van der Waals surface area (Å²) in [6.45, 7) is 1.90. The Kier molecular flexibility index (Phi) is 5.22. The Morgan fingerprint density at radius 3 is 2.54 bits per heavy atom. The summed E-state index contributed by atoms with van der Waals surface area (Å²) < 4.78 is 5.14. The highest BCUT2D eigenvalue weighted by Gasteiger charge is 2.40. The monoisotopic (exact) mass is 381 g/mol. The van der Waals surface area contributed by atoms with E-state index in [9.17, 15) is 9.59 Å². The van der Waals surface area contributed by atoms with Crippen LogP contribution >= 0.6 is 0 Å². The molecule has 1 aromatic carbocycles. The van der Waals surface area contributed by atoms with Gasteiger partial charge < -0.3 is 20.8 Å². The van der Waals surface area contributed by atoms with Gasteiger partial charge in [-0.1, -0.05) is 12.5 Å². The number of nitrogens with two attached hydrogens (primary N) is 1. The van der Waals surface area contributed by atoms with E-state index in [1.165, 1.54) is 12.7 Å². The molecule has 1 aromatic heterocycles. The van der Waals surface area contributed by atoms with E-state index in [0.29, 0.717) is 23.1 Å². The van der Waals surface area contributed by atoms with E-state index in [1.807, 2.05) is 13.0 Å². The molecular weight excluding hydrogens is 354 g/mol.